The maximum Gasteiger partial charge on any atom is 0.266 e. The van der Waals surface area contributed by atoms with Crippen LogP contribution >= 0.6 is 47.2 Å². The molecule has 0 aliphatic carbocycles. The van der Waals surface area contributed by atoms with Gasteiger partial charge in [0.1, 0.15) is 10.1 Å². The number of phenols is 1. The number of nitrogens with zero attached hydrogens (tertiary/aromatic N) is 1. The highest BCUT2D eigenvalue weighted by molar-refractivity contribution is 8.26. The van der Waals surface area contributed by atoms with Crippen molar-refractivity contribution in [3.05, 3.63) is 32.6 Å². The fourth-order valence-electron chi connectivity index (χ4n) is 1.61. The number of halogens is 2. The van der Waals surface area contributed by atoms with Gasteiger partial charge in [-0.2, -0.15) is 0 Å². The van der Waals surface area contributed by atoms with Gasteiger partial charge in [-0.1, -0.05) is 47.2 Å². The zero-order valence-electron chi connectivity index (χ0n) is 9.81. The van der Waals surface area contributed by atoms with Gasteiger partial charge in [-0.25, -0.2) is 0 Å². The Hall–Kier alpha value is -0.750. The Bertz CT molecular complexity index is 602. The second kappa shape index (κ2) is 5.71. The molecule has 100 valence electrons. The molecule has 1 aliphatic heterocycles. The van der Waals surface area contributed by atoms with Crippen molar-refractivity contribution in [3.8, 4) is 5.75 Å². The van der Waals surface area contributed by atoms with Crippen molar-refractivity contribution >= 4 is 63.5 Å². The molecule has 3 nitrogen and oxygen atoms in total. The Morgan fingerprint density at radius 2 is 2.16 bits per heavy atom. The number of benzene rings is 1. The quantitative estimate of drug-likeness (QED) is 0.657. The molecule has 7 heteroatoms. The molecule has 0 saturated carbocycles. The van der Waals surface area contributed by atoms with E-state index in [1.807, 2.05) is 6.92 Å². The van der Waals surface area contributed by atoms with Crippen LogP contribution in [0, 0.1) is 0 Å². The van der Waals surface area contributed by atoms with Crippen LogP contribution in [0.15, 0.2) is 17.0 Å². The van der Waals surface area contributed by atoms with E-state index in [1.165, 1.54) is 22.7 Å². The topological polar surface area (TPSA) is 40.5 Å². The van der Waals surface area contributed by atoms with Crippen LogP contribution in [0.4, 0.5) is 0 Å². The third-order valence-electron chi connectivity index (χ3n) is 2.53. The van der Waals surface area contributed by atoms with E-state index in [0.29, 0.717) is 26.4 Å². The summed E-state index contributed by atoms with van der Waals surface area (Å²) < 4.78 is 0.506. The number of hydrogen-bond donors (Lipinski definition) is 1. The van der Waals surface area contributed by atoms with Crippen molar-refractivity contribution < 1.29 is 9.90 Å². The molecule has 1 aromatic carbocycles. The van der Waals surface area contributed by atoms with Gasteiger partial charge < -0.3 is 5.11 Å². The molecule has 0 aromatic heterocycles. The number of aromatic hydroxyl groups is 1. The molecular weight excluding hydrogens is 325 g/mol. The minimum atomic E-state index is -0.173. The van der Waals surface area contributed by atoms with Crippen LogP contribution in [-0.4, -0.2) is 26.8 Å². The van der Waals surface area contributed by atoms with E-state index in [-0.39, 0.29) is 16.7 Å². The van der Waals surface area contributed by atoms with E-state index in [1.54, 1.807) is 12.1 Å². The van der Waals surface area contributed by atoms with E-state index in [9.17, 15) is 9.90 Å². The minimum absolute atomic E-state index is 0.104. The van der Waals surface area contributed by atoms with Gasteiger partial charge in [0, 0.05) is 17.1 Å². The van der Waals surface area contributed by atoms with Gasteiger partial charge in [-0.15, -0.1) is 0 Å². The monoisotopic (exact) mass is 333 g/mol. The normalized spacial score (nSPS) is 17.6. The maximum absolute atomic E-state index is 12.0. The molecular formula is C12H9Cl2NO2S2. The van der Waals surface area contributed by atoms with E-state index >= 15 is 0 Å². The smallest absolute Gasteiger partial charge is 0.266 e. The molecule has 1 aromatic rings. The largest absolute Gasteiger partial charge is 0.506 e. The molecule has 1 fully saturated rings. The van der Waals surface area contributed by atoms with Gasteiger partial charge in [0.15, 0.2) is 0 Å². The second-order valence-corrected chi connectivity index (χ2v) is 6.27. The van der Waals surface area contributed by atoms with Crippen LogP contribution in [0.25, 0.3) is 6.08 Å². The van der Waals surface area contributed by atoms with Crippen LogP contribution in [0.1, 0.15) is 12.5 Å². The molecule has 0 radical (unpaired) electrons. The Morgan fingerprint density at radius 3 is 2.74 bits per heavy atom. The Labute approximate surface area is 130 Å². The fourth-order valence-corrected chi connectivity index (χ4v) is 3.49. The zero-order chi connectivity index (χ0) is 14.2. The van der Waals surface area contributed by atoms with E-state index < -0.39 is 0 Å². The van der Waals surface area contributed by atoms with Crippen molar-refractivity contribution in [2.24, 2.45) is 0 Å². The number of thioether (sulfide) groups is 1. The first-order valence-corrected chi connectivity index (χ1v) is 7.35. The summed E-state index contributed by atoms with van der Waals surface area (Å²) in [7, 11) is 0. The van der Waals surface area contributed by atoms with Crippen molar-refractivity contribution in [1.82, 2.24) is 4.90 Å². The summed E-state index contributed by atoms with van der Waals surface area (Å²) in [4.78, 5) is 14.0. The highest BCUT2D eigenvalue weighted by Crippen LogP contribution is 2.37. The van der Waals surface area contributed by atoms with Crippen molar-refractivity contribution in [2.75, 3.05) is 6.54 Å². The van der Waals surface area contributed by atoms with Crippen LogP contribution in [0.5, 0.6) is 5.75 Å². The van der Waals surface area contributed by atoms with Crippen LogP contribution in [0.2, 0.25) is 10.0 Å². The lowest BCUT2D eigenvalue weighted by Crippen LogP contribution is -2.27. The molecule has 0 spiro atoms. The van der Waals surface area contributed by atoms with Crippen molar-refractivity contribution in [2.45, 2.75) is 6.92 Å². The third kappa shape index (κ3) is 2.89. The average Bonchev–Trinajstić information content (AvgIpc) is 2.60. The van der Waals surface area contributed by atoms with Crippen molar-refractivity contribution in [3.63, 3.8) is 0 Å². The van der Waals surface area contributed by atoms with E-state index in [2.05, 4.69) is 0 Å². The average molecular weight is 334 g/mol. The lowest BCUT2D eigenvalue weighted by Gasteiger charge is -2.09. The molecule has 0 bridgehead atoms. The summed E-state index contributed by atoms with van der Waals surface area (Å²) in [5.74, 6) is -0.277. The molecule has 1 N–H and O–H groups in total. The van der Waals surface area contributed by atoms with Gasteiger partial charge in [-0.3, -0.25) is 9.69 Å². The minimum Gasteiger partial charge on any atom is -0.506 e. The molecule has 1 heterocycles. The molecule has 1 saturated heterocycles. The Kier molecular flexibility index (Phi) is 4.40. The summed E-state index contributed by atoms with van der Waals surface area (Å²) >= 11 is 18.0. The highest BCUT2D eigenvalue weighted by Gasteiger charge is 2.30. The lowest BCUT2D eigenvalue weighted by atomic mass is 10.2. The number of hydrogen-bond acceptors (Lipinski definition) is 4. The summed E-state index contributed by atoms with van der Waals surface area (Å²) in [5, 5.41) is 10.4. The zero-order valence-corrected chi connectivity index (χ0v) is 13.0. The molecule has 0 unspecified atom stereocenters. The third-order valence-corrected chi connectivity index (χ3v) is 4.42. The van der Waals surface area contributed by atoms with E-state index in [0.717, 1.165) is 0 Å². The van der Waals surface area contributed by atoms with Crippen LogP contribution in [0.3, 0.4) is 0 Å². The van der Waals surface area contributed by atoms with Crippen LogP contribution in [-0.2, 0) is 4.79 Å². The first-order chi connectivity index (χ1) is 8.93. The number of thiocarbonyl (C=S) groups is 1. The SMILES string of the molecule is CCN1C(=O)/C(=C\c2cc(Cl)cc(Cl)c2O)SC1=S. The first-order valence-electron chi connectivity index (χ1n) is 5.37. The van der Waals surface area contributed by atoms with Gasteiger partial charge >= 0.3 is 0 Å². The number of rotatable bonds is 2. The van der Waals surface area contributed by atoms with E-state index in [4.69, 9.17) is 35.4 Å². The molecule has 2 rings (SSSR count). The summed E-state index contributed by atoms with van der Waals surface area (Å²) in [6.45, 7) is 2.37. The lowest BCUT2D eigenvalue weighted by molar-refractivity contribution is -0.121. The number of carbonyl (C=O) groups is 1. The number of likely N-dealkylation sites (N-methyl/N-ethyl adjacent to an activating group) is 1. The Balaban J connectivity index is 2.43. The summed E-state index contributed by atoms with van der Waals surface area (Å²) in [6.07, 6.45) is 1.54. The summed E-state index contributed by atoms with van der Waals surface area (Å²) in [5.41, 5.74) is 0.397. The van der Waals surface area contributed by atoms with Gasteiger partial charge in [0.05, 0.1) is 9.93 Å². The van der Waals surface area contributed by atoms with Gasteiger partial charge in [-0.05, 0) is 25.1 Å². The maximum atomic E-state index is 12.0. The highest BCUT2D eigenvalue weighted by atomic mass is 35.5. The molecule has 1 aliphatic rings. The molecule has 1 amide bonds. The Morgan fingerprint density at radius 1 is 1.47 bits per heavy atom. The first kappa shape index (κ1) is 14.7. The second-order valence-electron chi connectivity index (χ2n) is 3.75. The summed E-state index contributed by atoms with van der Waals surface area (Å²) in [6, 6.07) is 2.98. The molecule has 0 atom stereocenters. The number of carbonyl (C=O) groups excluding carboxylic acids is 1. The van der Waals surface area contributed by atoms with Gasteiger partial charge in [0.25, 0.3) is 5.91 Å². The number of phenolic OH excluding ortho intramolecular Hbond substituents is 1. The predicted octanol–water partition coefficient (Wildman–Crippen LogP) is 3.92. The standard InChI is InChI=1S/C12H9Cl2NO2S2/c1-2-15-11(17)9(19-12(15)18)4-6-3-7(13)5-8(14)10(6)16/h3-5,16H,2H2,1H3/b9-4+. The predicted molar refractivity (Wildman–Crippen MR) is 83.7 cm³/mol. The van der Waals surface area contributed by atoms with Crippen LogP contribution < -0.4 is 0 Å². The fraction of sp³-hybridized carbons (Fsp3) is 0.167. The number of amides is 1. The van der Waals surface area contributed by atoms with Gasteiger partial charge in [0.2, 0.25) is 0 Å². The van der Waals surface area contributed by atoms with Crippen molar-refractivity contribution in [1.29, 1.82) is 0 Å². The molecule has 19 heavy (non-hydrogen) atoms.